The van der Waals surface area contributed by atoms with Crippen LogP contribution in [0.4, 0.5) is 5.69 Å². The summed E-state index contributed by atoms with van der Waals surface area (Å²) in [5.41, 5.74) is 6.13. The first-order valence-corrected chi connectivity index (χ1v) is 7.47. The lowest BCUT2D eigenvalue weighted by molar-refractivity contribution is -0.118. The summed E-state index contributed by atoms with van der Waals surface area (Å²) < 4.78 is 22.8. The summed E-state index contributed by atoms with van der Waals surface area (Å²) in [7, 11) is -3.28. The summed E-state index contributed by atoms with van der Waals surface area (Å²) in [4.78, 5) is 11.9. The van der Waals surface area contributed by atoms with Crippen LogP contribution in [0.15, 0.2) is 29.2 Å². The summed E-state index contributed by atoms with van der Waals surface area (Å²) >= 11 is 0. The smallest absolute Gasteiger partial charge is 0.241 e. The highest BCUT2D eigenvalue weighted by molar-refractivity contribution is 7.90. The van der Waals surface area contributed by atoms with E-state index >= 15 is 0 Å². The van der Waals surface area contributed by atoms with E-state index in [0.29, 0.717) is 5.69 Å². The average molecular weight is 307 g/mol. The van der Waals surface area contributed by atoms with Gasteiger partial charge in [-0.2, -0.15) is 0 Å². The molecule has 1 atom stereocenters. The maximum absolute atomic E-state index is 11.7. The van der Waals surface area contributed by atoms with Crippen molar-refractivity contribution >= 4 is 33.8 Å². The lowest BCUT2D eigenvalue weighted by Crippen LogP contribution is -2.39. The van der Waals surface area contributed by atoms with E-state index in [4.69, 9.17) is 5.73 Å². The molecule has 5 nitrogen and oxygen atoms in total. The zero-order valence-corrected chi connectivity index (χ0v) is 12.7. The Labute approximate surface area is 119 Å². The average Bonchev–Trinajstić information content (AvgIpc) is 2.27. The second kappa shape index (κ2) is 6.88. The third-order valence-corrected chi connectivity index (χ3v) is 3.66. The minimum absolute atomic E-state index is 0. The number of sulfone groups is 1. The largest absolute Gasteiger partial charge is 0.325 e. The Bertz CT molecular complexity index is 544. The second-order valence-corrected chi connectivity index (χ2v) is 6.57. The van der Waals surface area contributed by atoms with Crippen LogP contribution in [0, 0.1) is 5.92 Å². The van der Waals surface area contributed by atoms with Gasteiger partial charge in [-0.3, -0.25) is 4.79 Å². The Morgan fingerprint density at radius 3 is 2.37 bits per heavy atom. The molecule has 0 aliphatic carbocycles. The maximum Gasteiger partial charge on any atom is 0.241 e. The van der Waals surface area contributed by atoms with Gasteiger partial charge >= 0.3 is 0 Å². The molecule has 1 rings (SSSR count). The third kappa shape index (κ3) is 5.18. The van der Waals surface area contributed by atoms with E-state index in [1.807, 2.05) is 13.8 Å². The van der Waals surface area contributed by atoms with E-state index < -0.39 is 15.9 Å². The normalized spacial score (nSPS) is 12.7. The number of rotatable bonds is 4. The quantitative estimate of drug-likeness (QED) is 0.880. The molecule has 0 bridgehead atoms. The van der Waals surface area contributed by atoms with Gasteiger partial charge in [0.05, 0.1) is 10.9 Å². The van der Waals surface area contributed by atoms with E-state index in [2.05, 4.69) is 5.32 Å². The Morgan fingerprint density at radius 2 is 1.89 bits per heavy atom. The van der Waals surface area contributed by atoms with E-state index in [1.54, 1.807) is 12.1 Å². The molecule has 1 unspecified atom stereocenters. The lowest BCUT2D eigenvalue weighted by atomic mass is 10.1. The van der Waals surface area contributed by atoms with Crippen molar-refractivity contribution in [3.8, 4) is 0 Å². The fraction of sp³-hybridized carbons (Fsp3) is 0.417. The van der Waals surface area contributed by atoms with Crippen LogP contribution in [-0.4, -0.2) is 26.6 Å². The molecule has 1 amide bonds. The number of amides is 1. The van der Waals surface area contributed by atoms with E-state index in [9.17, 15) is 13.2 Å². The molecule has 0 spiro atoms. The first kappa shape index (κ1) is 17.9. The van der Waals surface area contributed by atoms with Crippen LogP contribution in [-0.2, 0) is 14.6 Å². The Kier molecular flexibility index (Phi) is 6.48. The van der Waals surface area contributed by atoms with Gasteiger partial charge in [0, 0.05) is 11.9 Å². The second-order valence-electron chi connectivity index (χ2n) is 4.56. The molecule has 3 N–H and O–H groups in total. The first-order chi connectivity index (χ1) is 8.21. The number of carbonyl (C=O) groups is 1. The Balaban J connectivity index is 0.00000324. The van der Waals surface area contributed by atoms with Crippen LogP contribution >= 0.6 is 12.4 Å². The maximum atomic E-state index is 11.7. The first-order valence-electron chi connectivity index (χ1n) is 5.58. The molecule has 19 heavy (non-hydrogen) atoms. The van der Waals surface area contributed by atoms with Crippen LogP contribution in [0.5, 0.6) is 0 Å². The summed E-state index contributed by atoms with van der Waals surface area (Å²) in [6, 6.07) is 5.48. The van der Waals surface area contributed by atoms with E-state index in [1.165, 1.54) is 12.1 Å². The van der Waals surface area contributed by atoms with Gasteiger partial charge in [0.2, 0.25) is 5.91 Å². The summed E-state index contributed by atoms with van der Waals surface area (Å²) in [5.74, 6) is -0.307. The van der Waals surface area contributed by atoms with Gasteiger partial charge in [-0.05, 0) is 24.1 Å². The van der Waals surface area contributed by atoms with Gasteiger partial charge in [0.15, 0.2) is 9.84 Å². The topological polar surface area (TPSA) is 89.3 Å². The third-order valence-electron chi connectivity index (χ3n) is 2.55. The Morgan fingerprint density at radius 1 is 1.32 bits per heavy atom. The molecule has 0 heterocycles. The van der Waals surface area contributed by atoms with Crippen LogP contribution in [0.3, 0.4) is 0 Å². The summed E-state index contributed by atoms with van der Waals surface area (Å²) in [6.45, 7) is 3.69. The number of carbonyl (C=O) groups excluding carboxylic acids is 1. The van der Waals surface area contributed by atoms with E-state index in [-0.39, 0.29) is 29.1 Å². The van der Waals surface area contributed by atoms with Gasteiger partial charge < -0.3 is 11.1 Å². The standard InChI is InChI=1S/C12H18N2O3S.ClH/c1-8(2)11(13)12(15)14-9-5-4-6-10(7-9)18(3,16)17;/h4-8,11H,13H2,1-3H3,(H,14,15);1H. The predicted molar refractivity (Wildman–Crippen MR) is 78.2 cm³/mol. The van der Waals surface area contributed by atoms with Crippen LogP contribution < -0.4 is 11.1 Å². The number of nitrogens with one attached hydrogen (secondary N) is 1. The molecule has 0 aliphatic heterocycles. The molecule has 108 valence electrons. The molecule has 1 aromatic rings. The number of nitrogens with two attached hydrogens (primary N) is 1. The Hall–Kier alpha value is -1.11. The molecule has 0 aliphatic rings. The van der Waals surface area contributed by atoms with Crippen LogP contribution in [0.1, 0.15) is 13.8 Å². The van der Waals surface area contributed by atoms with Crippen molar-refractivity contribution in [1.82, 2.24) is 0 Å². The molecule has 0 saturated heterocycles. The zero-order chi connectivity index (χ0) is 13.9. The molecule has 7 heteroatoms. The number of hydrogen-bond donors (Lipinski definition) is 2. The van der Waals surface area contributed by atoms with Crippen molar-refractivity contribution in [2.24, 2.45) is 11.7 Å². The minimum atomic E-state index is -3.28. The lowest BCUT2D eigenvalue weighted by Gasteiger charge is -2.15. The predicted octanol–water partition coefficient (Wildman–Crippen LogP) is 1.43. The highest BCUT2D eigenvalue weighted by atomic mass is 35.5. The number of hydrogen-bond acceptors (Lipinski definition) is 4. The van der Waals surface area contributed by atoms with Crippen molar-refractivity contribution in [2.45, 2.75) is 24.8 Å². The monoisotopic (exact) mass is 306 g/mol. The van der Waals surface area contributed by atoms with Crippen molar-refractivity contribution < 1.29 is 13.2 Å². The van der Waals surface area contributed by atoms with Crippen molar-refractivity contribution in [2.75, 3.05) is 11.6 Å². The molecular weight excluding hydrogens is 288 g/mol. The molecule has 1 aromatic carbocycles. The molecule has 0 aromatic heterocycles. The highest BCUT2D eigenvalue weighted by Crippen LogP contribution is 2.15. The van der Waals surface area contributed by atoms with Crippen LogP contribution in [0.2, 0.25) is 0 Å². The summed E-state index contributed by atoms with van der Waals surface area (Å²) in [6.07, 6.45) is 1.12. The van der Waals surface area contributed by atoms with Crippen molar-refractivity contribution in [1.29, 1.82) is 0 Å². The molecule has 0 saturated carbocycles. The van der Waals surface area contributed by atoms with Gasteiger partial charge in [0.25, 0.3) is 0 Å². The van der Waals surface area contributed by atoms with E-state index in [0.717, 1.165) is 6.26 Å². The van der Waals surface area contributed by atoms with Crippen molar-refractivity contribution in [3.05, 3.63) is 24.3 Å². The fourth-order valence-corrected chi connectivity index (χ4v) is 2.00. The minimum Gasteiger partial charge on any atom is -0.325 e. The molecule has 0 radical (unpaired) electrons. The van der Waals surface area contributed by atoms with Gasteiger partial charge in [-0.15, -0.1) is 12.4 Å². The molecule has 0 fully saturated rings. The number of anilines is 1. The van der Waals surface area contributed by atoms with Gasteiger partial charge in [0.1, 0.15) is 0 Å². The highest BCUT2D eigenvalue weighted by Gasteiger charge is 2.17. The molecular formula is C12H19ClN2O3S. The summed E-state index contributed by atoms with van der Waals surface area (Å²) in [5, 5.41) is 2.61. The SMILES string of the molecule is CC(C)C(N)C(=O)Nc1cccc(S(C)(=O)=O)c1.Cl. The number of halogens is 1. The fourth-order valence-electron chi connectivity index (χ4n) is 1.33. The van der Waals surface area contributed by atoms with Crippen molar-refractivity contribution in [3.63, 3.8) is 0 Å². The van der Waals surface area contributed by atoms with Gasteiger partial charge in [-0.25, -0.2) is 8.42 Å². The van der Waals surface area contributed by atoms with Crippen LogP contribution in [0.25, 0.3) is 0 Å². The van der Waals surface area contributed by atoms with Gasteiger partial charge in [-0.1, -0.05) is 19.9 Å². The number of benzene rings is 1. The zero-order valence-electron chi connectivity index (χ0n) is 11.1.